The molecule has 1 aromatic heterocycles. The van der Waals surface area contributed by atoms with Crippen LogP contribution in [0.4, 0.5) is 0 Å². The summed E-state index contributed by atoms with van der Waals surface area (Å²) in [5, 5.41) is 13.6. The fraction of sp³-hybridized carbons (Fsp3) is 0.471. The summed E-state index contributed by atoms with van der Waals surface area (Å²) in [6.45, 7) is 5.68. The number of rotatable bonds is 11. The fourth-order valence-electron chi connectivity index (χ4n) is 1.85. The predicted molar refractivity (Wildman–Crippen MR) is 102 cm³/mol. The van der Waals surface area contributed by atoms with E-state index in [-0.39, 0.29) is 6.61 Å². The van der Waals surface area contributed by atoms with Gasteiger partial charge >= 0.3 is 0 Å². The van der Waals surface area contributed by atoms with Crippen molar-refractivity contribution >= 4 is 27.3 Å². The number of nitrogens with one attached hydrogen (secondary N) is 1. The zero-order chi connectivity index (χ0) is 18.1. The minimum atomic E-state index is -0.540. The Morgan fingerprint density at radius 3 is 2.36 bits per heavy atom. The van der Waals surface area contributed by atoms with E-state index in [2.05, 4.69) is 26.2 Å². The van der Waals surface area contributed by atoms with Crippen LogP contribution in [0.1, 0.15) is 13.8 Å². The average molecular weight is 431 g/mol. The number of aliphatic hydroxyl groups is 1. The SMILES string of the molecule is CC(C)NCC(O)COc1ccc(OCCOc2ncc(Br)s2)cc1. The first-order valence-corrected chi connectivity index (χ1v) is 9.65. The van der Waals surface area contributed by atoms with Crippen LogP contribution in [-0.2, 0) is 0 Å². The van der Waals surface area contributed by atoms with E-state index in [1.807, 2.05) is 38.1 Å². The van der Waals surface area contributed by atoms with Gasteiger partial charge < -0.3 is 24.6 Å². The third-order valence-electron chi connectivity index (χ3n) is 3.06. The maximum atomic E-state index is 9.82. The molecule has 6 nitrogen and oxygen atoms in total. The predicted octanol–water partition coefficient (Wildman–Crippen LogP) is 3.10. The third kappa shape index (κ3) is 8.04. The van der Waals surface area contributed by atoms with E-state index in [0.29, 0.717) is 36.7 Å². The van der Waals surface area contributed by atoms with Crippen LogP contribution in [0.3, 0.4) is 0 Å². The molecule has 0 saturated heterocycles. The molecule has 0 radical (unpaired) electrons. The van der Waals surface area contributed by atoms with E-state index in [1.54, 1.807) is 6.20 Å². The minimum Gasteiger partial charge on any atom is -0.491 e. The molecule has 0 spiro atoms. The Morgan fingerprint density at radius 1 is 1.12 bits per heavy atom. The summed E-state index contributed by atoms with van der Waals surface area (Å²) in [6, 6.07) is 7.63. The molecule has 0 saturated carbocycles. The van der Waals surface area contributed by atoms with Gasteiger partial charge in [-0.1, -0.05) is 25.2 Å². The first kappa shape index (κ1) is 20.0. The second kappa shape index (κ2) is 10.6. The van der Waals surface area contributed by atoms with Crippen LogP contribution in [0, 0.1) is 0 Å². The second-order valence-electron chi connectivity index (χ2n) is 5.63. The second-order valence-corrected chi connectivity index (χ2v) is 8.00. The van der Waals surface area contributed by atoms with E-state index in [4.69, 9.17) is 14.2 Å². The van der Waals surface area contributed by atoms with Gasteiger partial charge in [-0.3, -0.25) is 0 Å². The van der Waals surface area contributed by atoms with Crippen LogP contribution in [0.25, 0.3) is 0 Å². The van der Waals surface area contributed by atoms with Crippen LogP contribution >= 0.6 is 27.3 Å². The van der Waals surface area contributed by atoms with Crippen molar-refractivity contribution in [3.63, 3.8) is 0 Å². The number of hydrogen-bond acceptors (Lipinski definition) is 7. The van der Waals surface area contributed by atoms with Crippen molar-refractivity contribution in [2.45, 2.75) is 26.0 Å². The Labute approximate surface area is 160 Å². The lowest BCUT2D eigenvalue weighted by atomic mass is 10.3. The standard InChI is InChI=1S/C17H23BrN2O4S/c1-12(2)19-9-13(21)11-24-15-5-3-14(4-6-15)22-7-8-23-17-20-10-16(18)25-17/h3-6,10,12-13,19,21H,7-9,11H2,1-2H3. The van der Waals surface area contributed by atoms with Gasteiger partial charge in [-0.15, -0.1) is 0 Å². The lowest BCUT2D eigenvalue weighted by Crippen LogP contribution is -2.35. The molecule has 0 bridgehead atoms. The summed E-state index contributed by atoms with van der Waals surface area (Å²) in [4.78, 5) is 4.08. The molecule has 0 amide bonds. The Morgan fingerprint density at radius 2 is 1.76 bits per heavy atom. The Kier molecular flexibility index (Phi) is 8.47. The first-order valence-electron chi connectivity index (χ1n) is 8.04. The number of aliphatic hydroxyl groups excluding tert-OH is 1. The summed E-state index contributed by atoms with van der Waals surface area (Å²) in [5.74, 6) is 1.43. The number of benzene rings is 1. The van der Waals surface area contributed by atoms with Crippen LogP contribution in [0.5, 0.6) is 16.7 Å². The van der Waals surface area contributed by atoms with Crippen molar-refractivity contribution in [2.24, 2.45) is 0 Å². The maximum Gasteiger partial charge on any atom is 0.274 e. The number of hydrogen-bond donors (Lipinski definition) is 2. The molecule has 1 unspecified atom stereocenters. The first-order chi connectivity index (χ1) is 12.0. The van der Waals surface area contributed by atoms with Crippen LogP contribution < -0.4 is 19.5 Å². The largest absolute Gasteiger partial charge is 0.491 e. The summed E-state index contributed by atoms with van der Waals surface area (Å²) in [5.41, 5.74) is 0. The average Bonchev–Trinajstić information content (AvgIpc) is 3.01. The highest BCUT2D eigenvalue weighted by Gasteiger charge is 2.06. The topological polar surface area (TPSA) is 72.8 Å². The Bertz CT molecular complexity index is 621. The third-order valence-corrected chi connectivity index (χ3v) is 4.45. The molecule has 2 N–H and O–H groups in total. The monoisotopic (exact) mass is 430 g/mol. The molecular weight excluding hydrogens is 408 g/mol. The summed E-state index contributed by atoms with van der Waals surface area (Å²) >= 11 is 4.77. The van der Waals surface area contributed by atoms with Gasteiger partial charge in [-0.25, -0.2) is 4.98 Å². The normalized spacial score (nSPS) is 12.2. The van der Waals surface area contributed by atoms with Crippen LogP contribution in [-0.4, -0.2) is 48.6 Å². The summed E-state index contributed by atoms with van der Waals surface area (Å²) < 4.78 is 17.6. The number of aromatic nitrogens is 1. The highest BCUT2D eigenvalue weighted by atomic mass is 79.9. The van der Waals surface area contributed by atoms with E-state index in [1.165, 1.54) is 11.3 Å². The zero-order valence-corrected chi connectivity index (χ0v) is 16.7. The van der Waals surface area contributed by atoms with Gasteiger partial charge in [0.15, 0.2) is 0 Å². The molecule has 1 atom stereocenters. The van der Waals surface area contributed by atoms with Crippen molar-refractivity contribution in [1.29, 1.82) is 0 Å². The molecule has 0 aliphatic carbocycles. The molecule has 2 rings (SSSR count). The maximum absolute atomic E-state index is 9.82. The fourth-order valence-corrected chi connectivity index (χ4v) is 2.89. The van der Waals surface area contributed by atoms with E-state index < -0.39 is 6.10 Å². The number of nitrogens with zero attached hydrogens (tertiary/aromatic N) is 1. The van der Waals surface area contributed by atoms with Crippen molar-refractivity contribution < 1.29 is 19.3 Å². The van der Waals surface area contributed by atoms with Gasteiger partial charge in [0, 0.05) is 12.6 Å². The molecule has 2 aromatic rings. The van der Waals surface area contributed by atoms with Gasteiger partial charge in [-0.05, 0) is 40.2 Å². The molecule has 0 aliphatic heterocycles. The van der Waals surface area contributed by atoms with Gasteiger partial charge in [0.1, 0.15) is 37.4 Å². The van der Waals surface area contributed by atoms with E-state index >= 15 is 0 Å². The van der Waals surface area contributed by atoms with Crippen molar-refractivity contribution in [3.8, 4) is 16.7 Å². The molecule has 1 aromatic carbocycles. The highest BCUT2D eigenvalue weighted by Crippen LogP contribution is 2.25. The summed E-state index contributed by atoms with van der Waals surface area (Å²) in [6.07, 6.45) is 1.16. The number of thiazole rings is 1. The molecule has 8 heteroatoms. The summed E-state index contributed by atoms with van der Waals surface area (Å²) in [7, 11) is 0. The van der Waals surface area contributed by atoms with E-state index in [0.717, 1.165) is 9.54 Å². The number of halogens is 1. The zero-order valence-electron chi connectivity index (χ0n) is 14.3. The Balaban J connectivity index is 1.63. The van der Waals surface area contributed by atoms with Gasteiger partial charge in [0.25, 0.3) is 5.19 Å². The van der Waals surface area contributed by atoms with E-state index in [9.17, 15) is 5.11 Å². The molecule has 138 valence electrons. The van der Waals surface area contributed by atoms with Crippen molar-refractivity contribution in [1.82, 2.24) is 10.3 Å². The lowest BCUT2D eigenvalue weighted by Gasteiger charge is -2.15. The van der Waals surface area contributed by atoms with Gasteiger partial charge in [0.2, 0.25) is 0 Å². The quantitative estimate of drug-likeness (QED) is 0.533. The van der Waals surface area contributed by atoms with Crippen molar-refractivity contribution in [3.05, 3.63) is 34.2 Å². The van der Waals surface area contributed by atoms with Gasteiger partial charge in [-0.2, -0.15) is 0 Å². The van der Waals surface area contributed by atoms with Gasteiger partial charge in [0.05, 0.1) is 9.98 Å². The number of ether oxygens (including phenoxy) is 3. The molecular formula is C17H23BrN2O4S. The molecule has 25 heavy (non-hydrogen) atoms. The lowest BCUT2D eigenvalue weighted by molar-refractivity contribution is 0.104. The smallest absolute Gasteiger partial charge is 0.274 e. The minimum absolute atomic E-state index is 0.247. The highest BCUT2D eigenvalue weighted by molar-refractivity contribution is 9.11. The molecule has 0 fully saturated rings. The molecule has 1 heterocycles. The van der Waals surface area contributed by atoms with Crippen molar-refractivity contribution in [2.75, 3.05) is 26.4 Å². The molecule has 0 aliphatic rings. The van der Waals surface area contributed by atoms with Crippen LogP contribution in [0.2, 0.25) is 0 Å². The van der Waals surface area contributed by atoms with Crippen LogP contribution in [0.15, 0.2) is 34.2 Å². The Hall–Kier alpha value is -1.35.